The maximum Gasteiger partial charge on any atom is 0.00965 e. The molecule has 0 bridgehead atoms. The van der Waals surface area contributed by atoms with Crippen LogP contribution in [0.3, 0.4) is 0 Å². The van der Waals surface area contributed by atoms with Crippen LogP contribution in [0.5, 0.6) is 0 Å². The Morgan fingerprint density at radius 1 is 1.10 bits per heavy atom. The first-order valence-corrected chi connectivity index (χ1v) is 8.95. The highest BCUT2D eigenvalue weighted by atomic mass is 15.2. The lowest BCUT2D eigenvalue weighted by atomic mass is 9.75. The minimum absolute atomic E-state index is 0.268. The predicted octanol–water partition coefficient (Wildman–Crippen LogP) is 4.06. The summed E-state index contributed by atoms with van der Waals surface area (Å²) in [6.07, 6.45) is 10.1. The highest BCUT2D eigenvalue weighted by Crippen LogP contribution is 2.36. The van der Waals surface area contributed by atoms with Crippen LogP contribution in [0.15, 0.2) is 0 Å². The number of nitrogens with zero attached hydrogens (tertiary/aromatic N) is 1. The third-order valence-electron chi connectivity index (χ3n) is 5.40. The van der Waals surface area contributed by atoms with E-state index in [-0.39, 0.29) is 5.54 Å². The van der Waals surface area contributed by atoms with E-state index in [1.54, 1.807) is 0 Å². The predicted molar refractivity (Wildman–Crippen MR) is 88.1 cm³/mol. The van der Waals surface area contributed by atoms with Crippen molar-refractivity contribution in [3.63, 3.8) is 0 Å². The lowest BCUT2D eigenvalue weighted by Crippen LogP contribution is -2.46. The number of nitrogens with one attached hydrogen (secondary N) is 1. The number of piperidine rings is 1. The average Bonchev–Trinajstić information content (AvgIpc) is 2.42. The zero-order valence-corrected chi connectivity index (χ0v) is 14.3. The molecule has 0 aromatic rings. The smallest absolute Gasteiger partial charge is 0.00965 e. The van der Waals surface area contributed by atoms with Crippen LogP contribution >= 0.6 is 0 Å². The van der Waals surface area contributed by atoms with E-state index in [9.17, 15) is 0 Å². The third kappa shape index (κ3) is 5.04. The molecule has 0 aromatic carbocycles. The highest BCUT2D eigenvalue weighted by molar-refractivity contribution is 4.85. The third-order valence-corrected chi connectivity index (χ3v) is 5.40. The Kier molecular flexibility index (Phi) is 5.92. The Hall–Kier alpha value is -0.0800. The van der Waals surface area contributed by atoms with Gasteiger partial charge in [0.1, 0.15) is 0 Å². The van der Waals surface area contributed by atoms with Crippen molar-refractivity contribution in [2.75, 3.05) is 19.6 Å². The molecule has 0 spiro atoms. The number of rotatable bonds is 5. The number of fused-ring (bicyclic) bond motifs is 1. The second kappa shape index (κ2) is 7.26. The van der Waals surface area contributed by atoms with Crippen LogP contribution in [-0.4, -0.2) is 36.1 Å². The van der Waals surface area contributed by atoms with E-state index in [0.717, 1.165) is 24.4 Å². The van der Waals surface area contributed by atoms with Gasteiger partial charge in [0.05, 0.1) is 0 Å². The standard InChI is InChI=1S/C18H36N2/c1-15(8-7-12-19-18(2,3)4)20-13-11-16-9-5-6-10-17(16)14-20/h15-17,19H,5-14H2,1-4H3. The summed E-state index contributed by atoms with van der Waals surface area (Å²) in [6.45, 7) is 13.1. The summed E-state index contributed by atoms with van der Waals surface area (Å²) in [6, 6.07) is 0.777. The van der Waals surface area contributed by atoms with E-state index in [2.05, 4.69) is 37.9 Å². The summed E-state index contributed by atoms with van der Waals surface area (Å²) >= 11 is 0. The van der Waals surface area contributed by atoms with Crippen LogP contribution < -0.4 is 5.32 Å². The van der Waals surface area contributed by atoms with Gasteiger partial charge in [0.25, 0.3) is 0 Å². The van der Waals surface area contributed by atoms with Crippen molar-refractivity contribution in [3.8, 4) is 0 Å². The number of hydrogen-bond acceptors (Lipinski definition) is 2. The van der Waals surface area contributed by atoms with Gasteiger partial charge < -0.3 is 10.2 Å². The molecule has 1 heterocycles. The molecule has 0 radical (unpaired) electrons. The van der Waals surface area contributed by atoms with Gasteiger partial charge in [-0.05, 0) is 78.3 Å². The molecule has 118 valence electrons. The fourth-order valence-corrected chi connectivity index (χ4v) is 4.07. The van der Waals surface area contributed by atoms with Crippen molar-refractivity contribution < 1.29 is 0 Å². The molecule has 2 rings (SSSR count). The van der Waals surface area contributed by atoms with Crippen LogP contribution in [0, 0.1) is 11.8 Å². The molecular formula is C18H36N2. The molecule has 1 N–H and O–H groups in total. The summed E-state index contributed by atoms with van der Waals surface area (Å²) < 4.78 is 0. The molecule has 2 aliphatic rings. The van der Waals surface area contributed by atoms with Crippen molar-refractivity contribution in [2.24, 2.45) is 11.8 Å². The highest BCUT2D eigenvalue weighted by Gasteiger charge is 2.32. The number of likely N-dealkylation sites (tertiary alicyclic amines) is 1. The fourth-order valence-electron chi connectivity index (χ4n) is 4.07. The molecule has 3 unspecified atom stereocenters. The van der Waals surface area contributed by atoms with Gasteiger partial charge in [-0.2, -0.15) is 0 Å². The summed E-state index contributed by atoms with van der Waals surface area (Å²) in [4.78, 5) is 2.78. The average molecular weight is 280 g/mol. The van der Waals surface area contributed by atoms with E-state index in [0.29, 0.717) is 0 Å². The van der Waals surface area contributed by atoms with Crippen LogP contribution in [-0.2, 0) is 0 Å². The first kappa shape index (κ1) is 16.3. The molecular weight excluding hydrogens is 244 g/mol. The molecule has 1 aliphatic carbocycles. The van der Waals surface area contributed by atoms with Gasteiger partial charge in [-0.15, -0.1) is 0 Å². The van der Waals surface area contributed by atoms with Gasteiger partial charge in [-0.1, -0.05) is 19.3 Å². The summed E-state index contributed by atoms with van der Waals surface area (Å²) in [5.41, 5.74) is 0.268. The van der Waals surface area contributed by atoms with Gasteiger partial charge >= 0.3 is 0 Å². The topological polar surface area (TPSA) is 15.3 Å². The summed E-state index contributed by atoms with van der Waals surface area (Å²) in [7, 11) is 0. The van der Waals surface area contributed by atoms with Gasteiger partial charge in [0.15, 0.2) is 0 Å². The normalized spacial score (nSPS) is 30.0. The first-order valence-electron chi connectivity index (χ1n) is 8.95. The van der Waals surface area contributed by atoms with Crippen molar-refractivity contribution in [3.05, 3.63) is 0 Å². The quantitative estimate of drug-likeness (QED) is 0.764. The molecule has 3 atom stereocenters. The molecule has 1 aliphatic heterocycles. The van der Waals surface area contributed by atoms with E-state index in [1.165, 1.54) is 58.0 Å². The summed E-state index contributed by atoms with van der Waals surface area (Å²) in [5.74, 6) is 2.09. The molecule has 1 saturated carbocycles. The second-order valence-electron chi connectivity index (χ2n) is 8.26. The van der Waals surface area contributed by atoms with Crippen LogP contribution in [0.2, 0.25) is 0 Å². The first-order chi connectivity index (χ1) is 9.46. The zero-order chi connectivity index (χ0) is 14.6. The molecule has 0 aromatic heterocycles. The monoisotopic (exact) mass is 280 g/mol. The van der Waals surface area contributed by atoms with Crippen LogP contribution in [0.25, 0.3) is 0 Å². The molecule has 2 nitrogen and oxygen atoms in total. The van der Waals surface area contributed by atoms with Crippen molar-refractivity contribution in [2.45, 2.75) is 84.2 Å². The largest absolute Gasteiger partial charge is 0.312 e. The molecule has 2 heteroatoms. The van der Waals surface area contributed by atoms with Crippen LogP contribution in [0.1, 0.15) is 72.6 Å². The van der Waals surface area contributed by atoms with E-state index < -0.39 is 0 Å². The Morgan fingerprint density at radius 3 is 2.50 bits per heavy atom. The Bertz CT molecular complexity index is 282. The van der Waals surface area contributed by atoms with Gasteiger partial charge in [-0.25, -0.2) is 0 Å². The maximum atomic E-state index is 3.61. The van der Waals surface area contributed by atoms with Gasteiger partial charge in [0, 0.05) is 18.1 Å². The van der Waals surface area contributed by atoms with Crippen LogP contribution in [0.4, 0.5) is 0 Å². The molecule has 2 fully saturated rings. The van der Waals surface area contributed by atoms with E-state index >= 15 is 0 Å². The fraction of sp³-hybridized carbons (Fsp3) is 1.00. The molecule has 0 amide bonds. The van der Waals surface area contributed by atoms with Gasteiger partial charge in [0.2, 0.25) is 0 Å². The zero-order valence-electron chi connectivity index (χ0n) is 14.3. The Balaban J connectivity index is 1.66. The second-order valence-corrected chi connectivity index (χ2v) is 8.26. The van der Waals surface area contributed by atoms with E-state index in [4.69, 9.17) is 0 Å². The van der Waals surface area contributed by atoms with Gasteiger partial charge in [-0.3, -0.25) is 0 Å². The number of hydrogen-bond donors (Lipinski definition) is 1. The maximum absolute atomic E-state index is 3.61. The van der Waals surface area contributed by atoms with Crippen molar-refractivity contribution >= 4 is 0 Å². The molecule has 1 saturated heterocycles. The molecule has 20 heavy (non-hydrogen) atoms. The van der Waals surface area contributed by atoms with Crippen molar-refractivity contribution in [1.29, 1.82) is 0 Å². The summed E-state index contributed by atoms with van der Waals surface area (Å²) in [5, 5.41) is 3.61. The van der Waals surface area contributed by atoms with E-state index in [1.807, 2.05) is 0 Å². The lowest BCUT2D eigenvalue weighted by Gasteiger charge is -2.43. The Morgan fingerprint density at radius 2 is 1.80 bits per heavy atom. The van der Waals surface area contributed by atoms with Crippen molar-refractivity contribution in [1.82, 2.24) is 10.2 Å². The minimum atomic E-state index is 0.268. The SMILES string of the molecule is CC(CCCNC(C)(C)C)N1CCC2CCCCC2C1. The minimum Gasteiger partial charge on any atom is -0.312 e. The lowest BCUT2D eigenvalue weighted by molar-refractivity contribution is 0.0586. The Labute approximate surface area is 126 Å².